The first-order valence-corrected chi connectivity index (χ1v) is 15.2. The summed E-state index contributed by atoms with van der Waals surface area (Å²) in [5.74, 6) is 0.696. The molecule has 0 N–H and O–H groups in total. The van der Waals surface area contributed by atoms with Crippen molar-refractivity contribution in [2.24, 2.45) is 17.0 Å². The molecule has 0 atom stereocenters. The molecule has 6 heteroatoms. The fourth-order valence-electron chi connectivity index (χ4n) is 7.60. The molecular weight excluding hydrogens is 488 g/mol. The second-order valence-electron chi connectivity index (χ2n) is 11.9. The van der Waals surface area contributed by atoms with Crippen LogP contribution in [0.15, 0.2) is 41.6 Å². The number of nitrogens with zero attached hydrogens (tertiary/aromatic N) is 2. The third-order valence-electron chi connectivity index (χ3n) is 9.42. The summed E-state index contributed by atoms with van der Waals surface area (Å²) in [5.41, 5.74) is 6.34. The Balaban J connectivity index is 1.50. The standard InChI is InChI=1S/C33H42N2O4/c1-3-19-33(20-4-2)29-21-25(14-16-27(29)28-17-15-26(35(37)38)22-30(28)33)32(24-11-7-8-12-24)34-39-31(36)18-13-23-9-5-6-10-23/h14-17,21-24H,3-13,18-20H2,1-2H3/b34-32-. The van der Waals surface area contributed by atoms with Gasteiger partial charge in [0, 0.05) is 29.9 Å². The van der Waals surface area contributed by atoms with Crippen LogP contribution in [0.3, 0.4) is 0 Å². The van der Waals surface area contributed by atoms with Crippen molar-refractivity contribution in [3.8, 4) is 11.1 Å². The Morgan fingerprint density at radius 2 is 1.56 bits per heavy atom. The minimum Gasteiger partial charge on any atom is -0.318 e. The maximum absolute atomic E-state index is 12.7. The molecule has 0 unspecified atom stereocenters. The molecule has 3 aliphatic rings. The summed E-state index contributed by atoms with van der Waals surface area (Å²) in [6.07, 6.45) is 14.6. The Hall–Kier alpha value is -3.02. The Kier molecular flexibility index (Phi) is 8.49. The normalized spacial score (nSPS) is 18.8. The highest BCUT2D eigenvalue weighted by Gasteiger charge is 2.43. The van der Waals surface area contributed by atoms with Gasteiger partial charge in [0.05, 0.1) is 10.6 Å². The van der Waals surface area contributed by atoms with E-state index >= 15 is 0 Å². The van der Waals surface area contributed by atoms with Crippen molar-refractivity contribution in [2.75, 3.05) is 0 Å². The lowest BCUT2D eigenvalue weighted by atomic mass is 9.71. The molecule has 39 heavy (non-hydrogen) atoms. The highest BCUT2D eigenvalue weighted by Crippen LogP contribution is 2.55. The molecule has 0 spiro atoms. The van der Waals surface area contributed by atoms with Crippen molar-refractivity contribution < 1.29 is 14.6 Å². The summed E-state index contributed by atoms with van der Waals surface area (Å²) in [4.78, 5) is 29.6. The number of nitro benzene ring substituents is 1. The molecule has 208 valence electrons. The number of carbonyl (C=O) groups is 1. The van der Waals surface area contributed by atoms with Crippen molar-refractivity contribution in [3.05, 3.63) is 63.2 Å². The van der Waals surface area contributed by atoms with E-state index in [4.69, 9.17) is 4.84 Å². The maximum Gasteiger partial charge on any atom is 0.335 e. The SMILES string of the molecule is CCCC1(CCC)c2cc(/C(=N\OC(=O)CCC3CCCC3)C3CCCC3)ccc2-c2ccc([N+](=O)[O-])cc21. The predicted molar refractivity (Wildman–Crippen MR) is 155 cm³/mol. The van der Waals surface area contributed by atoms with E-state index in [0.29, 0.717) is 12.3 Å². The van der Waals surface area contributed by atoms with Gasteiger partial charge < -0.3 is 4.84 Å². The monoisotopic (exact) mass is 530 g/mol. The lowest BCUT2D eigenvalue weighted by Gasteiger charge is -2.32. The van der Waals surface area contributed by atoms with Gasteiger partial charge in [-0.25, -0.2) is 4.79 Å². The highest BCUT2D eigenvalue weighted by atomic mass is 16.7. The van der Waals surface area contributed by atoms with Crippen LogP contribution in [0.1, 0.15) is 120 Å². The number of non-ortho nitro benzene ring substituents is 1. The Bertz CT molecular complexity index is 1230. The van der Waals surface area contributed by atoms with Crippen molar-refractivity contribution in [3.63, 3.8) is 0 Å². The molecule has 5 rings (SSSR count). The molecule has 2 fully saturated rings. The zero-order valence-electron chi connectivity index (χ0n) is 23.5. The van der Waals surface area contributed by atoms with Gasteiger partial charge in [-0.3, -0.25) is 10.1 Å². The Labute approximate surface area is 232 Å². The van der Waals surface area contributed by atoms with Gasteiger partial charge in [0.25, 0.3) is 5.69 Å². The molecule has 0 heterocycles. The zero-order valence-corrected chi connectivity index (χ0v) is 23.5. The number of fused-ring (bicyclic) bond motifs is 3. The van der Waals surface area contributed by atoms with Gasteiger partial charge in [0.1, 0.15) is 0 Å². The van der Waals surface area contributed by atoms with E-state index in [1.54, 1.807) is 12.1 Å². The third-order valence-corrected chi connectivity index (χ3v) is 9.42. The van der Waals surface area contributed by atoms with Gasteiger partial charge >= 0.3 is 5.97 Å². The van der Waals surface area contributed by atoms with Crippen LogP contribution >= 0.6 is 0 Å². The van der Waals surface area contributed by atoms with Crippen molar-refractivity contribution in [2.45, 2.75) is 109 Å². The van der Waals surface area contributed by atoms with Crippen LogP contribution in [0.2, 0.25) is 0 Å². The first-order valence-electron chi connectivity index (χ1n) is 15.2. The summed E-state index contributed by atoms with van der Waals surface area (Å²) >= 11 is 0. The fraction of sp³-hybridized carbons (Fsp3) is 0.576. The maximum atomic E-state index is 12.7. The molecule has 0 bridgehead atoms. The van der Waals surface area contributed by atoms with Gasteiger partial charge in [0.2, 0.25) is 0 Å². The Morgan fingerprint density at radius 3 is 2.21 bits per heavy atom. The average Bonchev–Trinajstić information content (AvgIpc) is 3.70. The minimum absolute atomic E-state index is 0.149. The lowest BCUT2D eigenvalue weighted by molar-refractivity contribution is -0.384. The van der Waals surface area contributed by atoms with Crippen LogP contribution in [0.25, 0.3) is 11.1 Å². The molecule has 0 saturated heterocycles. The van der Waals surface area contributed by atoms with Gasteiger partial charge in [-0.1, -0.05) is 82.5 Å². The van der Waals surface area contributed by atoms with E-state index in [0.717, 1.165) is 85.8 Å². The number of hydrogen-bond acceptors (Lipinski definition) is 5. The van der Waals surface area contributed by atoms with E-state index in [2.05, 4.69) is 37.2 Å². The topological polar surface area (TPSA) is 81.8 Å². The van der Waals surface area contributed by atoms with E-state index in [1.165, 1.54) is 31.2 Å². The molecule has 2 saturated carbocycles. The minimum atomic E-state index is -0.288. The van der Waals surface area contributed by atoms with Crippen LogP contribution in [0.5, 0.6) is 0 Å². The molecule has 2 aromatic carbocycles. The van der Waals surface area contributed by atoms with E-state index < -0.39 is 0 Å². The lowest BCUT2D eigenvalue weighted by Crippen LogP contribution is -2.26. The van der Waals surface area contributed by atoms with E-state index in [1.807, 2.05) is 6.07 Å². The average molecular weight is 531 g/mol. The summed E-state index contributed by atoms with van der Waals surface area (Å²) in [6, 6.07) is 11.9. The molecule has 2 aromatic rings. The quantitative estimate of drug-likeness (QED) is 0.126. The molecule has 0 aliphatic heterocycles. The van der Waals surface area contributed by atoms with E-state index in [-0.39, 0.29) is 27.9 Å². The predicted octanol–water partition coefficient (Wildman–Crippen LogP) is 8.87. The smallest absolute Gasteiger partial charge is 0.318 e. The number of hydrogen-bond donors (Lipinski definition) is 0. The summed E-state index contributed by atoms with van der Waals surface area (Å²) in [6.45, 7) is 4.37. The van der Waals surface area contributed by atoms with Crippen LogP contribution in [-0.2, 0) is 15.0 Å². The number of benzene rings is 2. The fourth-order valence-corrected chi connectivity index (χ4v) is 7.60. The first-order chi connectivity index (χ1) is 19.0. The highest BCUT2D eigenvalue weighted by molar-refractivity contribution is 6.03. The van der Waals surface area contributed by atoms with Gasteiger partial charge in [-0.2, -0.15) is 0 Å². The van der Waals surface area contributed by atoms with Gasteiger partial charge in [0.15, 0.2) is 0 Å². The summed E-state index contributed by atoms with van der Waals surface area (Å²) in [7, 11) is 0. The molecule has 0 aromatic heterocycles. The third kappa shape index (κ3) is 5.53. The van der Waals surface area contributed by atoms with Gasteiger partial charge in [-0.05, 0) is 78.0 Å². The number of oxime groups is 1. The van der Waals surface area contributed by atoms with Crippen LogP contribution in [-0.4, -0.2) is 16.6 Å². The molecular formula is C33H42N2O4. The molecule has 0 radical (unpaired) electrons. The number of nitro groups is 1. The zero-order chi connectivity index (χ0) is 27.4. The van der Waals surface area contributed by atoms with Crippen molar-refractivity contribution in [1.29, 1.82) is 0 Å². The second-order valence-corrected chi connectivity index (χ2v) is 11.9. The number of rotatable bonds is 11. The van der Waals surface area contributed by atoms with Crippen LogP contribution in [0.4, 0.5) is 5.69 Å². The van der Waals surface area contributed by atoms with Crippen molar-refractivity contribution >= 4 is 17.4 Å². The van der Waals surface area contributed by atoms with Crippen LogP contribution in [0, 0.1) is 22.0 Å². The largest absolute Gasteiger partial charge is 0.335 e. The molecule has 0 amide bonds. The summed E-state index contributed by atoms with van der Waals surface area (Å²) in [5, 5.41) is 16.2. The summed E-state index contributed by atoms with van der Waals surface area (Å²) < 4.78 is 0. The van der Waals surface area contributed by atoms with Gasteiger partial charge in [-0.15, -0.1) is 0 Å². The molecule has 3 aliphatic carbocycles. The van der Waals surface area contributed by atoms with Crippen LogP contribution < -0.4 is 0 Å². The Morgan fingerprint density at radius 1 is 0.949 bits per heavy atom. The first kappa shape index (κ1) is 27.5. The van der Waals surface area contributed by atoms with E-state index in [9.17, 15) is 14.9 Å². The number of carbonyl (C=O) groups excluding carboxylic acids is 1. The molecule has 6 nitrogen and oxygen atoms in total. The second kappa shape index (κ2) is 12.0. The van der Waals surface area contributed by atoms with Crippen molar-refractivity contribution in [1.82, 2.24) is 0 Å².